The number of Topliss-reactive ketones (excluding diaryl/α,β-unsaturated/α-hetero) is 1. The molecule has 0 radical (unpaired) electrons. The Kier molecular flexibility index (Phi) is 1.59. The molecule has 2 N–H and O–H groups in total. The van der Waals surface area contributed by atoms with E-state index in [1.807, 2.05) is 0 Å². The van der Waals surface area contributed by atoms with Gasteiger partial charge in [-0.15, -0.1) is 0 Å². The molecule has 1 aromatic carbocycles. The van der Waals surface area contributed by atoms with Crippen LogP contribution < -0.4 is 0 Å². The summed E-state index contributed by atoms with van der Waals surface area (Å²) in [6, 6.07) is 4.92. The highest BCUT2D eigenvalue weighted by atomic mass is 16.3. The SMILES string of the molecule is O=C1/C(=C\O)Cc2cccc(O)c21. The molecule has 0 aliphatic heterocycles. The van der Waals surface area contributed by atoms with Crippen LogP contribution in [0.3, 0.4) is 0 Å². The Morgan fingerprint density at radius 2 is 2.15 bits per heavy atom. The first-order valence-corrected chi connectivity index (χ1v) is 3.93. The van der Waals surface area contributed by atoms with Crippen molar-refractivity contribution in [3.63, 3.8) is 0 Å². The summed E-state index contributed by atoms with van der Waals surface area (Å²) in [4.78, 5) is 11.5. The van der Waals surface area contributed by atoms with Crippen molar-refractivity contribution in [2.24, 2.45) is 0 Å². The number of aliphatic hydroxyl groups is 1. The van der Waals surface area contributed by atoms with Crippen molar-refractivity contribution in [3.05, 3.63) is 41.2 Å². The van der Waals surface area contributed by atoms with Crippen LogP contribution in [0.5, 0.6) is 5.75 Å². The maximum absolute atomic E-state index is 11.5. The van der Waals surface area contributed by atoms with Crippen molar-refractivity contribution in [1.82, 2.24) is 0 Å². The Bertz CT molecular complexity index is 405. The molecule has 13 heavy (non-hydrogen) atoms. The first-order chi connectivity index (χ1) is 6.24. The van der Waals surface area contributed by atoms with Gasteiger partial charge in [0, 0.05) is 12.0 Å². The topological polar surface area (TPSA) is 57.5 Å². The van der Waals surface area contributed by atoms with Crippen LogP contribution in [-0.4, -0.2) is 16.0 Å². The molecule has 0 fully saturated rings. The minimum Gasteiger partial charge on any atom is -0.515 e. The highest BCUT2D eigenvalue weighted by molar-refractivity contribution is 6.14. The number of phenolic OH excluding ortho intramolecular Hbond substituents is 1. The Hall–Kier alpha value is -1.77. The molecule has 1 aromatic rings. The van der Waals surface area contributed by atoms with Crippen molar-refractivity contribution >= 4 is 5.78 Å². The minimum absolute atomic E-state index is 0.0145. The molecule has 0 amide bonds. The average Bonchev–Trinajstić information content (AvgIpc) is 2.44. The van der Waals surface area contributed by atoms with E-state index in [2.05, 4.69) is 0 Å². The van der Waals surface area contributed by atoms with Crippen molar-refractivity contribution < 1.29 is 15.0 Å². The normalized spacial score (nSPS) is 17.8. The van der Waals surface area contributed by atoms with Gasteiger partial charge in [0.05, 0.1) is 11.8 Å². The zero-order chi connectivity index (χ0) is 9.42. The van der Waals surface area contributed by atoms with E-state index in [1.165, 1.54) is 6.07 Å². The number of allylic oxidation sites excluding steroid dienone is 1. The summed E-state index contributed by atoms with van der Waals surface area (Å²) in [6.45, 7) is 0. The van der Waals surface area contributed by atoms with Crippen LogP contribution in [0.25, 0.3) is 0 Å². The number of ketones is 1. The molecule has 3 nitrogen and oxygen atoms in total. The summed E-state index contributed by atoms with van der Waals surface area (Å²) in [5.74, 6) is -0.296. The Morgan fingerprint density at radius 3 is 2.77 bits per heavy atom. The Balaban J connectivity index is 2.63. The van der Waals surface area contributed by atoms with Gasteiger partial charge in [0.15, 0.2) is 5.78 Å². The second-order valence-corrected chi connectivity index (χ2v) is 2.97. The number of hydrogen-bond acceptors (Lipinski definition) is 3. The fourth-order valence-corrected chi connectivity index (χ4v) is 1.55. The van der Waals surface area contributed by atoms with E-state index in [9.17, 15) is 9.90 Å². The van der Waals surface area contributed by atoms with Gasteiger partial charge in [-0.1, -0.05) is 12.1 Å². The summed E-state index contributed by atoms with van der Waals surface area (Å²) >= 11 is 0. The van der Waals surface area contributed by atoms with E-state index in [0.29, 0.717) is 17.6 Å². The fourth-order valence-electron chi connectivity index (χ4n) is 1.55. The van der Waals surface area contributed by atoms with E-state index < -0.39 is 0 Å². The summed E-state index contributed by atoms with van der Waals surface area (Å²) in [5, 5.41) is 18.1. The molecule has 0 bridgehead atoms. The zero-order valence-electron chi connectivity index (χ0n) is 6.82. The van der Waals surface area contributed by atoms with E-state index in [-0.39, 0.29) is 11.5 Å². The standard InChI is InChI=1S/C10H8O3/c11-5-7-4-6-2-1-3-8(12)9(6)10(7)13/h1-3,5,11-12H,4H2/b7-5-. The number of fused-ring (bicyclic) bond motifs is 1. The van der Waals surface area contributed by atoms with Crippen molar-refractivity contribution in [1.29, 1.82) is 0 Å². The molecule has 3 heteroatoms. The molecule has 0 unspecified atom stereocenters. The largest absolute Gasteiger partial charge is 0.515 e. The van der Waals surface area contributed by atoms with Crippen LogP contribution in [0, 0.1) is 0 Å². The molecule has 2 rings (SSSR count). The number of aromatic hydroxyl groups is 1. The lowest BCUT2D eigenvalue weighted by molar-refractivity contribution is 0.103. The monoisotopic (exact) mass is 176 g/mol. The maximum Gasteiger partial charge on any atom is 0.196 e. The van der Waals surface area contributed by atoms with Gasteiger partial charge in [0.1, 0.15) is 5.75 Å². The molecule has 0 heterocycles. The number of hydrogen-bond donors (Lipinski definition) is 2. The first kappa shape index (κ1) is 7.86. The third-order valence-electron chi connectivity index (χ3n) is 2.18. The Labute approximate surface area is 74.9 Å². The molecular formula is C10H8O3. The van der Waals surface area contributed by atoms with Crippen LogP contribution in [-0.2, 0) is 6.42 Å². The predicted molar refractivity (Wildman–Crippen MR) is 46.9 cm³/mol. The summed E-state index contributed by atoms with van der Waals surface area (Å²) in [6.07, 6.45) is 1.21. The highest BCUT2D eigenvalue weighted by Crippen LogP contribution is 2.32. The number of rotatable bonds is 0. The van der Waals surface area contributed by atoms with Gasteiger partial charge in [-0.05, 0) is 11.6 Å². The Morgan fingerprint density at radius 1 is 1.38 bits per heavy atom. The van der Waals surface area contributed by atoms with Gasteiger partial charge in [-0.2, -0.15) is 0 Å². The highest BCUT2D eigenvalue weighted by Gasteiger charge is 2.27. The van der Waals surface area contributed by atoms with Crippen LogP contribution in [0.4, 0.5) is 0 Å². The third-order valence-corrected chi connectivity index (χ3v) is 2.18. The second kappa shape index (κ2) is 2.62. The molecule has 0 saturated heterocycles. The van der Waals surface area contributed by atoms with Crippen LogP contribution in [0.2, 0.25) is 0 Å². The van der Waals surface area contributed by atoms with E-state index in [1.54, 1.807) is 12.1 Å². The maximum atomic E-state index is 11.5. The van der Waals surface area contributed by atoms with Crippen molar-refractivity contribution in [2.45, 2.75) is 6.42 Å². The molecule has 0 saturated carbocycles. The number of aliphatic hydroxyl groups excluding tert-OH is 1. The van der Waals surface area contributed by atoms with Gasteiger partial charge in [0.25, 0.3) is 0 Å². The zero-order valence-corrected chi connectivity index (χ0v) is 6.82. The number of carbonyl (C=O) groups is 1. The average molecular weight is 176 g/mol. The lowest BCUT2D eigenvalue weighted by Crippen LogP contribution is -1.95. The molecule has 0 spiro atoms. The minimum atomic E-state index is -0.282. The fraction of sp³-hybridized carbons (Fsp3) is 0.100. The van der Waals surface area contributed by atoms with Gasteiger partial charge in [-0.3, -0.25) is 4.79 Å². The number of carbonyl (C=O) groups excluding carboxylic acids is 1. The molecular weight excluding hydrogens is 168 g/mol. The molecule has 1 aliphatic rings. The van der Waals surface area contributed by atoms with Gasteiger partial charge >= 0.3 is 0 Å². The number of benzene rings is 1. The number of phenols is 1. The van der Waals surface area contributed by atoms with E-state index >= 15 is 0 Å². The lowest BCUT2D eigenvalue weighted by atomic mass is 10.1. The van der Waals surface area contributed by atoms with Gasteiger partial charge < -0.3 is 10.2 Å². The quantitative estimate of drug-likeness (QED) is 0.466. The smallest absolute Gasteiger partial charge is 0.196 e. The van der Waals surface area contributed by atoms with Crippen LogP contribution in [0.15, 0.2) is 30.0 Å². The molecule has 0 atom stereocenters. The second-order valence-electron chi connectivity index (χ2n) is 2.97. The van der Waals surface area contributed by atoms with E-state index in [0.717, 1.165) is 11.8 Å². The summed E-state index contributed by atoms with van der Waals surface area (Å²) in [5.41, 5.74) is 1.42. The van der Waals surface area contributed by atoms with Crippen molar-refractivity contribution in [2.75, 3.05) is 0 Å². The van der Waals surface area contributed by atoms with Crippen molar-refractivity contribution in [3.8, 4) is 5.75 Å². The summed E-state index contributed by atoms with van der Waals surface area (Å²) < 4.78 is 0. The predicted octanol–water partition coefficient (Wildman–Crippen LogP) is 1.57. The lowest BCUT2D eigenvalue weighted by Gasteiger charge is -1.97. The molecule has 0 aromatic heterocycles. The van der Waals surface area contributed by atoms with E-state index in [4.69, 9.17) is 5.11 Å². The molecule has 1 aliphatic carbocycles. The van der Waals surface area contributed by atoms with Gasteiger partial charge in [-0.25, -0.2) is 0 Å². The van der Waals surface area contributed by atoms with Crippen LogP contribution >= 0.6 is 0 Å². The third kappa shape index (κ3) is 1.01. The first-order valence-electron chi connectivity index (χ1n) is 3.93. The van der Waals surface area contributed by atoms with Gasteiger partial charge in [0.2, 0.25) is 0 Å². The van der Waals surface area contributed by atoms with Crippen LogP contribution in [0.1, 0.15) is 15.9 Å². The summed E-state index contributed by atoms with van der Waals surface area (Å²) in [7, 11) is 0. The molecule has 66 valence electrons.